The smallest absolute Gasteiger partial charge is 0.219 e. The molecule has 1 unspecified atom stereocenters. The van der Waals surface area contributed by atoms with Gasteiger partial charge in [-0.25, -0.2) is 0 Å². The topological polar surface area (TPSA) is 18.5 Å². The third kappa shape index (κ3) is 2.07. The quantitative estimate of drug-likeness (QED) is 0.552. The summed E-state index contributed by atoms with van der Waals surface area (Å²) in [5.74, 6) is 0. The van der Waals surface area contributed by atoms with E-state index in [1.807, 2.05) is 18.2 Å². The van der Waals surface area contributed by atoms with Gasteiger partial charge >= 0.3 is 0 Å². The molecule has 1 atom stereocenters. The van der Waals surface area contributed by atoms with Crippen LogP contribution in [0.1, 0.15) is 0 Å². The molecular formula is C8H10O2. The van der Waals surface area contributed by atoms with Crippen LogP contribution in [0, 0.1) is 0 Å². The number of ether oxygens (including phenoxy) is 2. The molecule has 0 spiro atoms. The Morgan fingerprint density at radius 2 is 2.50 bits per heavy atom. The second-order valence-corrected chi connectivity index (χ2v) is 1.84. The van der Waals surface area contributed by atoms with Gasteiger partial charge in [0.15, 0.2) is 0 Å². The Morgan fingerprint density at radius 3 is 3.10 bits per heavy atom. The van der Waals surface area contributed by atoms with Crippen molar-refractivity contribution < 1.29 is 9.47 Å². The van der Waals surface area contributed by atoms with Gasteiger partial charge in [0.1, 0.15) is 0 Å². The number of allylic oxidation sites excluding steroid dienone is 2. The Morgan fingerprint density at radius 1 is 1.60 bits per heavy atom. The van der Waals surface area contributed by atoms with E-state index in [0.29, 0.717) is 6.61 Å². The Bertz CT molecular complexity index is 159. The minimum atomic E-state index is -0.233. The van der Waals surface area contributed by atoms with Crippen molar-refractivity contribution in [3.05, 3.63) is 37.1 Å². The highest BCUT2D eigenvalue weighted by molar-refractivity contribution is 5.05. The van der Waals surface area contributed by atoms with Crippen LogP contribution in [-0.2, 0) is 9.47 Å². The highest BCUT2D eigenvalue weighted by atomic mass is 16.7. The molecule has 2 nitrogen and oxygen atoms in total. The molecule has 54 valence electrons. The van der Waals surface area contributed by atoms with Crippen LogP contribution in [0.25, 0.3) is 0 Å². The molecule has 2 heteroatoms. The maximum absolute atomic E-state index is 5.15. The first-order chi connectivity index (χ1) is 4.93. The molecule has 0 aliphatic carbocycles. The summed E-state index contributed by atoms with van der Waals surface area (Å²) in [5, 5.41) is 0. The number of hydrogen-bond donors (Lipinski definition) is 0. The van der Waals surface area contributed by atoms with Gasteiger partial charge in [-0.15, -0.1) is 6.58 Å². The summed E-state index contributed by atoms with van der Waals surface area (Å²) in [7, 11) is 0. The molecule has 1 rings (SSSR count). The molecule has 0 aromatic heterocycles. The second kappa shape index (κ2) is 3.90. The SMILES string of the molecule is C=CCOC1C=CC=CO1. The molecule has 0 saturated heterocycles. The lowest BCUT2D eigenvalue weighted by molar-refractivity contribution is -0.0630. The first kappa shape index (κ1) is 7.09. The van der Waals surface area contributed by atoms with Crippen LogP contribution in [0.5, 0.6) is 0 Å². The molecule has 0 N–H and O–H groups in total. The Kier molecular flexibility index (Phi) is 2.77. The molecule has 0 amide bonds. The summed E-state index contributed by atoms with van der Waals surface area (Å²) in [6, 6.07) is 0. The van der Waals surface area contributed by atoms with E-state index in [9.17, 15) is 0 Å². The summed E-state index contributed by atoms with van der Waals surface area (Å²) in [5.41, 5.74) is 0. The Balaban J connectivity index is 2.23. The molecule has 0 aromatic carbocycles. The molecule has 1 aliphatic heterocycles. The van der Waals surface area contributed by atoms with Crippen LogP contribution >= 0.6 is 0 Å². The summed E-state index contributed by atoms with van der Waals surface area (Å²) in [6.45, 7) is 4.04. The van der Waals surface area contributed by atoms with Crippen LogP contribution in [-0.4, -0.2) is 12.9 Å². The maximum atomic E-state index is 5.15. The lowest BCUT2D eigenvalue weighted by Crippen LogP contribution is -2.12. The van der Waals surface area contributed by atoms with Gasteiger partial charge in [-0.3, -0.25) is 0 Å². The van der Waals surface area contributed by atoms with E-state index < -0.39 is 0 Å². The predicted molar refractivity (Wildman–Crippen MR) is 39.3 cm³/mol. The van der Waals surface area contributed by atoms with E-state index in [-0.39, 0.29) is 6.29 Å². The number of hydrogen-bond acceptors (Lipinski definition) is 2. The molecular weight excluding hydrogens is 128 g/mol. The lowest BCUT2D eigenvalue weighted by atomic mass is 10.4. The molecule has 0 aromatic rings. The fourth-order valence-electron chi connectivity index (χ4n) is 0.626. The molecule has 0 saturated carbocycles. The minimum absolute atomic E-state index is 0.233. The van der Waals surface area contributed by atoms with E-state index in [0.717, 1.165) is 0 Å². The highest BCUT2D eigenvalue weighted by Crippen LogP contribution is 2.02. The van der Waals surface area contributed by atoms with Gasteiger partial charge in [-0.1, -0.05) is 12.2 Å². The lowest BCUT2D eigenvalue weighted by Gasteiger charge is -2.13. The predicted octanol–water partition coefficient (Wildman–Crippen LogP) is 1.62. The van der Waals surface area contributed by atoms with Crippen LogP contribution < -0.4 is 0 Å². The summed E-state index contributed by atoms with van der Waals surface area (Å²) < 4.78 is 10.2. The monoisotopic (exact) mass is 138 g/mol. The van der Waals surface area contributed by atoms with Crippen molar-refractivity contribution >= 4 is 0 Å². The minimum Gasteiger partial charge on any atom is -0.469 e. The maximum Gasteiger partial charge on any atom is 0.219 e. The molecule has 0 bridgehead atoms. The average Bonchev–Trinajstić information content (AvgIpc) is 2.03. The Hall–Kier alpha value is -1.02. The Labute approximate surface area is 60.4 Å². The summed E-state index contributed by atoms with van der Waals surface area (Å²) >= 11 is 0. The van der Waals surface area contributed by atoms with E-state index >= 15 is 0 Å². The van der Waals surface area contributed by atoms with Crippen molar-refractivity contribution in [1.82, 2.24) is 0 Å². The number of rotatable bonds is 3. The van der Waals surface area contributed by atoms with Gasteiger partial charge in [0.25, 0.3) is 0 Å². The molecule has 0 radical (unpaired) electrons. The largest absolute Gasteiger partial charge is 0.469 e. The van der Waals surface area contributed by atoms with Crippen molar-refractivity contribution in [1.29, 1.82) is 0 Å². The second-order valence-electron chi connectivity index (χ2n) is 1.84. The van der Waals surface area contributed by atoms with Crippen LogP contribution in [0.3, 0.4) is 0 Å². The molecule has 1 heterocycles. The zero-order valence-electron chi connectivity index (χ0n) is 5.69. The van der Waals surface area contributed by atoms with Crippen LogP contribution in [0.4, 0.5) is 0 Å². The standard InChI is InChI=1S/C8H10O2/c1-2-6-9-8-5-3-4-7-10-8/h2-5,7-8H,1,6H2. The van der Waals surface area contributed by atoms with Crippen molar-refractivity contribution in [2.75, 3.05) is 6.61 Å². The van der Waals surface area contributed by atoms with Crippen LogP contribution in [0.2, 0.25) is 0 Å². The zero-order valence-corrected chi connectivity index (χ0v) is 5.69. The fraction of sp³-hybridized carbons (Fsp3) is 0.250. The molecule has 1 aliphatic rings. The average molecular weight is 138 g/mol. The zero-order chi connectivity index (χ0) is 7.23. The van der Waals surface area contributed by atoms with Crippen LogP contribution in [0.15, 0.2) is 37.1 Å². The summed E-state index contributed by atoms with van der Waals surface area (Å²) in [6.07, 6.45) is 8.60. The third-order valence-corrected chi connectivity index (χ3v) is 1.05. The molecule has 0 fully saturated rings. The summed E-state index contributed by atoms with van der Waals surface area (Å²) in [4.78, 5) is 0. The van der Waals surface area contributed by atoms with Crippen molar-refractivity contribution in [3.63, 3.8) is 0 Å². The van der Waals surface area contributed by atoms with E-state index in [1.54, 1.807) is 12.3 Å². The fourth-order valence-corrected chi connectivity index (χ4v) is 0.626. The first-order valence-electron chi connectivity index (χ1n) is 3.15. The van der Waals surface area contributed by atoms with E-state index in [4.69, 9.17) is 9.47 Å². The van der Waals surface area contributed by atoms with Gasteiger partial charge in [0.2, 0.25) is 6.29 Å². The molecule has 10 heavy (non-hydrogen) atoms. The van der Waals surface area contributed by atoms with Crippen molar-refractivity contribution in [2.45, 2.75) is 6.29 Å². The van der Waals surface area contributed by atoms with Gasteiger partial charge in [-0.2, -0.15) is 0 Å². The van der Waals surface area contributed by atoms with E-state index in [2.05, 4.69) is 6.58 Å². The van der Waals surface area contributed by atoms with Crippen molar-refractivity contribution in [3.8, 4) is 0 Å². The van der Waals surface area contributed by atoms with E-state index in [1.165, 1.54) is 0 Å². The van der Waals surface area contributed by atoms with Gasteiger partial charge < -0.3 is 9.47 Å². The van der Waals surface area contributed by atoms with Crippen molar-refractivity contribution in [2.24, 2.45) is 0 Å². The van der Waals surface area contributed by atoms with Gasteiger partial charge in [0, 0.05) is 0 Å². The highest BCUT2D eigenvalue weighted by Gasteiger charge is 2.02. The van der Waals surface area contributed by atoms with Gasteiger partial charge in [0.05, 0.1) is 12.9 Å². The normalized spacial score (nSPS) is 22.2. The third-order valence-electron chi connectivity index (χ3n) is 1.05. The van der Waals surface area contributed by atoms with Gasteiger partial charge in [-0.05, 0) is 12.2 Å². The first-order valence-corrected chi connectivity index (χ1v) is 3.15.